The molecule has 3 rings (SSSR count). The Labute approximate surface area is 145 Å². The Morgan fingerprint density at radius 3 is 2.32 bits per heavy atom. The first-order valence-electron chi connectivity index (χ1n) is 7.46. The minimum absolute atomic E-state index is 0.0856. The van der Waals surface area contributed by atoms with Crippen molar-refractivity contribution in [3.8, 4) is 5.69 Å². The Morgan fingerprint density at radius 2 is 1.68 bits per heavy atom. The van der Waals surface area contributed by atoms with Crippen molar-refractivity contribution in [3.63, 3.8) is 0 Å². The normalized spacial score (nSPS) is 11.1. The Bertz CT molecular complexity index is 980. The van der Waals surface area contributed by atoms with E-state index in [-0.39, 0.29) is 10.8 Å². The van der Waals surface area contributed by atoms with E-state index in [2.05, 4.69) is 15.1 Å². The topological polar surface area (TPSA) is 93.1 Å². The fourth-order valence-electron chi connectivity index (χ4n) is 2.27. The number of carbonyl (C=O) groups is 1. The lowest BCUT2D eigenvalue weighted by Gasteiger charge is -2.11. The van der Waals surface area contributed by atoms with Crippen LogP contribution in [0.3, 0.4) is 0 Å². The van der Waals surface area contributed by atoms with E-state index in [4.69, 9.17) is 0 Å². The number of amides is 1. The third kappa shape index (κ3) is 3.86. The fraction of sp³-hybridized carbons (Fsp3) is 0.0588. The first-order valence-corrected chi connectivity index (χ1v) is 8.94. The molecule has 2 N–H and O–H groups in total. The number of hydrogen-bond donors (Lipinski definition) is 2. The molecule has 2 aromatic carbocycles. The molecule has 1 aromatic heterocycles. The van der Waals surface area contributed by atoms with Gasteiger partial charge in [0.25, 0.3) is 10.0 Å². The largest absolute Gasteiger partial charge is 0.326 e. The number of benzene rings is 2. The molecule has 0 spiro atoms. The van der Waals surface area contributed by atoms with Crippen LogP contribution in [0, 0.1) is 0 Å². The molecule has 128 valence electrons. The Kier molecular flexibility index (Phi) is 4.53. The van der Waals surface area contributed by atoms with E-state index in [1.807, 2.05) is 30.3 Å². The van der Waals surface area contributed by atoms with E-state index >= 15 is 0 Å². The molecule has 0 saturated heterocycles. The van der Waals surface area contributed by atoms with Gasteiger partial charge in [0, 0.05) is 18.7 Å². The SMILES string of the molecule is CC(=O)Nc1ccc(S(=O)(=O)Nc2ccnn2-c2ccccc2)cc1. The van der Waals surface area contributed by atoms with Crippen molar-refractivity contribution >= 4 is 27.4 Å². The second kappa shape index (κ2) is 6.78. The van der Waals surface area contributed by atoms with Crippen LogP contribution in [0.25, 0.3) is 5.69 Å². The maximum atomic E-state index is 12.6. The zero-order chi connectivity index (χ0) is 17.9. The summed E-state index contributed by atoms with van der Waals surface area (Å²) in [6.45, 7) is 1.39. The number of anilines is 2. The number of carbonyl (C=O) groups excluding carboxylic acids is 1. The standard InChI is InChI=1S/C17H16N4O3S/c1-13(22)19-14-7-9-16(10-8-14)25(23,24)20-17-11-12-18-21(17)15-5-3-2-4-6-15/h2-12,20H,1H3,(H,19,22). The first kappa shape index (κ1) is 16.7. The van der Waals surface area contributed by atoms with Crippen molar-refractivity contribution in [1.29, 1.82) is 0 Å². The predicted octanol–water partition coefficient (Wildman–Crippen LogP) is 2.63. The molecule has 0 radical (unpaired) electrons. The van der Waals surface area contributed by atoms with E-state index < -0.39 is 10.0 Å². The number of sulfonamides is 1. The second-order valence-electron chi connectivity index (χ2n) is 5.27. The van der Waals surface area contributed by atoms with E-state index in [1.165, 1.54) is 42.1 Å². The molecule has 1 amide bonds. The highest BCUT2D eigenvalue weighted by atomic mass is 32.2. The summed E-state index contributed by atoms with van der Waals surface area (Å²) in [7, 11) is -3.78. The van der Waals surface area contributed by atoms with Gasteiger partial charge in [-0.3, -0.25) is 9.52 Å². The monoisotopic (exact) mass is 356 g/mol. The average molecular weight is 356 g/mol. The molecule has 1 heterocycles. The van der Waals surface area contributed by atoms with Crippen LogP contribution < -0.4 is 10.0 Å². The van der Waals surface area contributed by atoms with Crippen molar-refractivity contribution in [3.05, 3.63) is 66.9 Å². The minimum atomic E-state index is -3.78. The molecule has 7 nitrogen and oxygen atoms in total. The summed E-state index contributed by atoms with van der Waals surface area (Å²) >= 11 is 0. The fourth-order valence-corrected chi connectivity index (χ4v) is 3.31. The lowest BCUT2D eigenvalue weighted by molar-refractivity contribution is -0.114. The molecule has 0 aliphatic heterocycles. The van der Waals surface area contributed by atoms with Gasteiger partial charge in [-0.1, -0.05) is 18.2 Å². The second-order valence-corrected chi connectivity index (χ2v) is 6.96. The van der Waals surface area contributed by atoms with Crippen LogP contribution in [0.5, 0.6) is 0 Å². The van der Waals surface area contributed by atoms with Gasteiger partial charge < -0.3 is 5.32 Å². The zero-order valence-electron chi connectivity index (χ0n) is 13.4. The number of para-hydroxylation sites is 1. The zero-order valence-corrected chi connectivity index (χ0v) is 14.2. The molecule has 3 aromatic rings. The van der Waals surface area contributed by atoms with Gasteiger partial charge in [-0.05, 0) is 36.4 Å². The van der Waals surface area contributed by atoms with E-state index in [0.717, 1.165) is 5.69 Å². The van der Waals surface area contributed by atoms with Crippen LogP contribution in [0.4, 0.5) is 11.5 Å². The molecule has 0 bridgehead atoms. The Balaban J connectivity index is 1.85. The number of aromatic nitrogens is 2. The highest BCUT2D eigenvalue weighted by molar-refractivity contribution is 7.92. The molecular formula is C17H16N4O3S. The van der Waals surface area contributed by atoms with Gasteiger partial charge in [-0.25, -0.2) is 13.1 Å². The smallest absolute Gasteiger partial charge is 0.263 e. The van der Waals surface area contributed by atoms with Crippen LogP contribution in [0.2, 0.25) is 0 Å². The van der Waals surface area contributed by atoms with Crippen LogP contribution in [-0.2, 0) is 14.8 Å². The quantitative estimate of drug-likeness (QED) is 0.735. The third-order valence-corrected chi connectivity index (χ3v) is 4.74. The van der Waals surface area contributed by atoms with Gasteiger partial charge in [0.05, 0.1) is 16.8 Å². The summed E-state index contributed by atoms with van der Waals surface area (Å²) in [4.78, 5) is 11.1. The lowest BCUT2D eigenvalue weighted by Crippen LogP contribution is -2.16. The highest BCUT2D eigenvalue weighted by Gasteiger charge is 2.17. The average Bonchev–Trinajstić information content (AvgIpc) is 3.03. The van der Waals surface area contributed by atoms with Crippen molar-refractivity contribution in [2.45, 2.75) is 11.8 Å². The van der Waals surface area contributed by atoms with Crippen LogP contribution in [0.1, 0.15) is 6.92 Å². The highest BCUT2D eigenvalue weighted by Crippen LogP contribution is 2.20. The van der Waals surface area contributed by atoms with Crippen molar-refractivity contribution in [2.75, 3.05) is 10.0 Å². The minimum Gasteiger partial charge on any atom is -0.326 e. The third-order valence-electron chi connectivity index (χ3n) is 3.37. The summed E-state index contributed by atoms with van der Waals surface area (Å²) in [6.07, 6.45) is 1.52. The first-order chi connectivity index (χ1) is 12.0. The van der Waals surface area contributed by atoms with Gasteiger partial charge in [-0.15, -0.1) is 0 Å². The molecule has 0 fully saturated rings. The van der Waals surface area contributed by atoms with Gasteiger partial charge in [0.2, 0.25) is 5.91 Å². The summed E-state index contributed by atoms with van der Waals surface area (Å²) in [5.74, 6) is 0.109. The van der Waals surface area contributed by atoms with E-state index in [9.17, 15) is 13.2 Å². The van der Waals surface area contributed by atoms with E-state index in [0.29, 0.717) is 11.5 Å². The maximum Gasteiger partial charge on any atom is 0.263 e. The van der Waals surface area contributed by atoms with Gasteiger partial charge in [0.15, 0.2) is 0 Å². The summed E-state index contributed by atoms with van der Waals surface area (Å²) in [6, 6.07) is 16.7. The number of rotatable bonds is 5. The molecule has 25 heavy (non-hydrogen) atoms. The molecule has 0 atom stereocenters. The van der Waals surface area contributed by atoms with Crippen LogP contribution in [-0.4, -0.2) is 24.1 Å². The van der Waals surface area contributed by atoms with Gasteiger partial charge in [-0.2, -0.15) is 5.10 Å². The predicted molar refractivity (Wildman–Crippen MR) is 95.1 cm³/mol. The summed E-state index contributed by atoms with van der Waals surface area (Å²) in [5.41, 5.74) is 1.27. The number of hydrogen-bond acceptors (Lipinski definition) is 4. The molecule has 0 saturated carbocycles. The Morgan fingerprint density at radius 1 is 1.00 bits per heavy atom. The van der Waals surface area contributed by atoms with Crippen LogP contribution >= 0.6 is 0 Å². The van der Waals surface area contributed by atoms with Crippen LogP contribution in [0.15, 0.2) is 71.8 Å². The molecular weight excluding hydrogens is 340 g/mol. The molecule has 0 unspecified atom stereocenters. The van der Waals surface area contributed by atoms with Gasteiger partial charge >= 0.3 is 0 Å². The van der Waals surface area contributed by atoms with Crippen molar-refractivity contribution < 1.29 is 13.2 Å². The molecule has 0 aliphatic rings. The summed E-state index contributed by atoms with van der Waals surface area (Å²) < 4.78 is 29.2. The van der Waals surface area contributed by atoms with Crippen molar-refractivity contribution in [1.82, 2.24) is 9.78 Å². The maximum absolute atomic E-state index is 12.6. The van der Waals surface area contributed by atoms with E-state index in [1.54, 1.807) is 6.07 Å². The van der Waals surface area contributed by atoms with Crippen molar-refractivity contribution in [2.24, 2.45) is 0 Å². The molecule has 8 heteroatoms. The Hall–Kier alpha value is -3.13. The number of nitrogens with one attached hydrogen (secondary N) is 2. The number of nitrogens with zero attached hydrogens (tertiary/aromatic N) is 2. The lowest BCUT2D eigenvalue weighted by atomic mass is 10.3. The molecule has 0 aliphatic carbocycles. The van der Waals surface area contributed by atoms with Gasteiger partial charge in [0.1, 0.15) is 5.82 Å². The summed E-state index contributed by atoms with van der Waals surface area (Å²) in [5, 5.41) is 6.74.